The number of sulfonamides is 2. The van der Waals surface area contributed by atoms with Gasteiger partial charge in [0.2, 0.25) is 11.8 Å². The first kappa shape index (κ1) is 41.2. The van der Waals surface area contributed by atoms with E-state index in [9.17, 15) is 16.8 Å². The molecule has 14 nitrogen and oxygen atoms in total. The van der Waals surface area contributed by atoms with E-state index >= 15 is 0 Å². The zero-order valence-electron chi connectivity index (χ0n) is 34.8. The quantitative estimate of drug-likeness (QED) is 0.312. The van der Waals surface area contributed by atoms with E-state index in [0.717, 1.165) is 81.0 Å². The third-order valence-electron chi connectivity index (χ3n) is 13.4. The van der Waals surface area contributed by atoms with Crippen molar-refractivity contribution in [3.63, 3.8) is 0 Å². The van der Waals surface area contributed by atoms with E-state index in [4.69, 9.17) is 23.9 Å². The first-order chi connectivity index (χ1) is 29.0. The van der Waals surface area contributed by atoms with Gasteiger partial charge in [0.25, 0.3) is 20.0 Å². The van der Waals surface area contributed by atoms with Gasteiger partial charge < -0.3 is 28.7 Å². The minimum Gasteiger partial charge on any atom is -0.496 e. The number of ether oxygens (including phenoxy) is 4. The normalized spacial score (nSPS) is 30.9. The van der Waals surface area contributed by atoms with Gasteiger partial charge in [-0.3, -0.25) is 0 Å². The molecule has 2 saturated heterocycles. The summed E-state index contributed by atoms with van der Waals surface area (Å²) in [6.07, 6.45) is 17.4. The maximum absolute atomic E-state index is 13.6. The number of hydrogen-bond acceptors (Lipinski definition) is 12. The molecule has 0 radical (unpaired) electrons. The summed E-state index contributed by atoms with van der Waals surface area (Å²) >= 11 is 0. The average Bonchev–Trinajstić information content (AvgIpc) is 4.10. The smallest absolute Gasteiger partial charge is 0.256 e. The van der Waals surface area contributed by atoms with E-state index in [2.05, 4.69) is 35.7 Å². The van der Waals surface area contributed by atoms with Crippen molar-refractivity contribution in [3.05, 3.63) is 71.2 Å². The van der Waals surface area contributed by atoms with Gasteiger partial charge in [0.1, 0.15) is 25.7 Å². The molecule has 6 aliphatic heterocycles. The van der Waals surface area contributed by atoms with Crippen molar-refractivity contribution >= 4 is 31.5 Å². The van der Waals surface area contributed by atoms with Crippen LogP contribution in [0.1, 0.15) is 132 Å². The zero-order valence-corrected chi connectivity index (χ0v) is 36.4. The highest BCUT2D eigenvalue weighted by atomic mass is 32.2. The summed E-state index contributed by atoms with van der Waals surface area (Å²) in [5.74, 6) is 1.74. The zero-order chi connectivity index (χ0) is 41.4. The lowest BCUT2D eigenvalue weighted by Crippen LogP contribution is -2.41. The molecule has 1 unspecified atom stereocenters. The Labute approximate surface area is 354 Å². The third kappa shape index (κ3) is 9.05. The van der Waals surface area contributed by atoms with Crippen molar-refractivity contribution in [1.29, 1.82) is 0 Å². The van der Waals surface area contributed by atoms with Crippen molar-refractivity contribution in [2.24, 2.45) is 8.80 Å². The number of nitrogens with zero attached hydrogens (tertiary/aromatic N) is 6. The molecule has 11 rings (SSSR count). The van der Waals surface area contributed by atoms with E-state index in [-0.39, 0.29) is 24.0 Å². The largest absolute Gasteiger partial charge is 0.496 e. The summed E-state index contributed by atoms with van der Waals surface area (Å²) in [6.45, 7) is 6.36. The van der Waals surface area contributed by atoms with Gasteiger partial charge in [-0.25, -0.2) is 26.8 Å². The molecule has 60 heavy (non-hydrogen) atoms. The second-order valence-corrected chi connectivity index (χ2v) is 21.8. The lowest BCUT2D eigenvalue weighted by Gasteiger charge is -2.37. The van der Waals surface area contributed by atoms with Gasteiger partial charge >= 0.3 is 0 Å². The predicted octanol–water partition coefficient (Wildman–Crippen LogP) is 6.73. The maximum Gasteiger partial charge on any atom is 0.256 e. The summed E-state index contributed by atoms with van der Waals surface area (Å²) < 4.78 is 87.6. The fourth-order valence-corrected chi connectivity index (χ4v) is 11.7. The fraction of sp³-hybridized carbons (Fsp3) is 0.636. The molecule has 1 atom stereocenters. The lowest BCUT2D eigenvalue weighted by molar-refractivity contribution is 0.0947. The maximum atomic E-state index is 13.6. The third-order valence-corrected chi connectivity index (χ3v) is 16.8. The molecular formula is C44H58N6O8S2. The van der Waals surface area contributed by atoms with Crippen LogP contribution in [0.5, 0.6) is 11.8 Å². The van der Waals surface area contributed by atoms with Gasteiger partial charge in [-0.1, -0.05) is 6.07 Å². The Morgan fingerprint density at radius 3 is 2.02 bits per heavy atom. The first-order valence-electron chi connectivity index (χ1n) is 22.1. The number of hydrogen-bond donors (Lipinski definition) is 0. The van der Waals surface area contributed by atoms with Crippen LogP contribution >= 0.6 is 0 Å². The number of piperidine rings is 2. The lowest BCUT2D eigenvalue weighted by atomic mass is 9.81. The van der Waals surface area contributed by atoms with Gasteiger partial charge in [0.15, 0.2) is 0 Å². The predicted molar refractivity (Wildman–Crippen MR) is 228 cm³/mol. The van der Waals surface area contributed by atoms with Gasteiger partial charge in [-0.15, -0.1) is 0 Å². The van der Waals surface area contributed by atoms with Crippen LogP contribution in [-0.4, -0.2) is 110 Å². The number of allylic oxidation sites excluding steroid dienone is 2. The monoisotopic (exact) mass is 862 g/mol. The molecule has 0 amide bonds. The molecule has 8 heterocycles. The van der Waals surface area contributed by atoms with Crippen LogP contribution in [0.2, 0.25) is 0 Å². The highest BCUT2D eigenvalue weighted by molar-refractivity contribution is 7.91. The fourth-order valence-electron chi connectivity index (χ4n) is 9.60. The molecule has 3 saturated carbocycles. The molecule has 4 bridgehead atoms. The molecule has 9 aliphatic rings. The van der Waals surface area contributed by atoms with Crippen LogP contribution in [0.15, 0.2) is 63.3 Å². The number of aromatic nitrogens is 2. The number of rotatable bonds is 5. The Bertz CT molecular complexity index is 2260. The van der Waals surface area contributed by atoms with Crippen LogP contribution in [-0.2, 0) is 29.5 Å². The summed E-state index contributed by atoms with van der Waals surface area (Å²) in [6, 6.07) is 6.34. The SMILES string of the molecule is CC(C)S(=O)(=O)/N=C1CCCN2CCOc3ncc(C4CC(=N\S(=O)(=O)C5CC5)/C5=C/OC6CCC(CC6)c6cccnc6OCCN5C4)cc3C3CCC(CC3)O\C=C\12. The minimum atomic E-state index is -3.69. The summed E-state index contributed by atoms with van der Waals surface area (Å²) in [5, 5.41) is -1.04. The molecule has 3 aliphatic carbocycles. The van der Waals surface area contributed by atoms with Gasteiger partial charge in [0.05, 0.1) is 58.6 Å². The molecule has 2 aromatic heterocycles. The van der Waals surface area contributed by atoms with Crippen LogP contribution in [0.3, 0.4) is 0 Å². The Kier molecular flexibility index (Phi) is 11.9. The highest BCUT2D eigenvalue weighted by Gasteiger charge is 2.39. The number of fused-ring (bicyclic) bond motifs is 10. The highest BCUT2D eigenvalue weighted by Crippen LogP contribution is 2.42. The average molecular weight is 863 g/mol. The van der Waals surface area contributed by atoms with Gasteiger partial charge in [-0.2, -0.15) is 8.80 Å². The summed E-state index contributed by atoms with van der Waals surface area (Å²) in [5.41, 5.74) is 5.70. The van der Waals surface area contributed by atoms with Crippen LogP contribution in [0.4, 0.5) is 0 Å². The van der Waals surface area contributed by atoms with E-state index < -0.39 is 30.5 Å². The molecule has 5 fully saturated rings. The Morgan fingerprint density at radius 1 is 0.717 bits per heavy atom. The molecule has 0 aromatic carbocycles. The van der Waals surface area contributed by atoms with Crippen LogP contribution in [0.25, 0.3) is 0 Å². The van der Waals surface area contributed by atoms with Crippen molar-refractivity contribution in [1.82, 2.24) is 19.8 Å². The van der Waals surface area contributed by atoms with Gasteiger partial charge in [-0.05, 0) is 120 Å². The van der Waals surface area contributed by atoms with Crippen LogP contribution in [0, 0.1) is 0 Å². The molecule has 0 spiro atoms. The molecule has 0 N–H and O–H groups in total. The standard InChI is InChI=1S/C44H58N6O8S2/c1-29(2)59(51,52)47-39-6-4-18-49-19-21-56-44-38(31-9-13-35(14-10-31)57-27-41(39)49)23-32(25-46-44)33-24-40(48-60(53,54)36-15-16-36)42-28-58-34-11-7-30(8-12-34)37-5-3-17-45-43(37)55-22-20-50(42)26-33/h3,5,17,23,25,27-31,33-36H,4,6-16,18-22,24,26H2,1-2H3/b41-27-,42-28-,47-39+,48-40+. The minimum absolute atomic E-state index is 0.00241. The Balaban J connectivity index is 1.01. The van der Waals surface area contributed by atoms with E-state index in [0.29, 0.717) is 99.0 Å². The van der Waals surface area contributed by atoms with E-state index in [1.807, 2.05) is 12.3 Å². The molecule has 324 valence electrons. The summed E-state index contributed by atoms with van der Waals surface area (Å²) in [7, 11) is -7.34. The number of pyridine rings is 2. The van der Waals surface area contributed by atoms with Crippen molar-refractivity contribution in [3.8, 4) is 11.8 Å². The van der Waals surface area contributed by atoms with E-state index in [1.54, 1.807) is 32.6 Å². The van der Waals surface area contributed by atoms with E-state index in [1.165, 1.54) is 0 Å². The van der Waals surface area contributed by atoms with Crippen molar-refractivity contribution in [2.45, 2.75) is 138 Å². The van der Waals surface area contributed by atoms with Gasteiger partial charge in [0, 0.05) is 48.9 Å². The summed E-state index contributed by atoms with van der Waals surface area (Å²) in [4.78, 5) is 13.9. The first-order valence-corrected chi connectivity index (χ1v) is 25.1. The second-order valence-electron chi connectivity index (χ2n) is 17.8. The Hall–Kier alpha value is -4.18. The second kappa shape index (κ2) is 17.3. The van der Waals surface area contributed by atoms with Crippen molar-refractivity contribution in [2.75, 3.05) is 39.4 Å². The van der Waals surface area contributed by atoms with Crippen LogP contribution < -0.4 is 9.47 Å². The van der Waals surface area contributed by atoms with Crippen molar-refractivity contribution < 1.29 is 35.8 Å². The molecular weight excluding hydrogens is 805 g/mol. The molecule has 16 heteroatoms. The molecule has 2 aromatic rings. The topological polar surface area (TPSA) is 162 Å². The Morgan fingerprint density at radius 2 is 1.35 bits per heavy atom.